The van der Waals surface area contributed by atoms with Crippen LogP contribution in [0, 0.1) is 0 Å². The van der Waals surface area contributed by atoms with Gasteiger partial charge in [0.1, 0.15) is 6.54 Å². The molecular formula is C20H26N4O5S. The number of sulfonamides is 1. The molecule has 0 atom stereocenters. The van der Waals surface area contributed by atoms with Crippen molar-refractivity contribution in [3.63, 3.8) is 0 Å². The van der Waals surface area contributed by atoms with Crippen LogP contribution in [0.5, 0.6) is 0 Å². The smallest absolute Gasteiger partial charge is 0.253 e. The molecule has 0 spiro atoms. The molecule has 2 rings (SSSR count). The van der Waals surface area contributed by atoms with E-state index in [-0.39, 0.29) is 17.3 Å². The molecule has 30 heavy (non-hydrogen) atoms. The summed E-state index contributed by atoms with van der Waals surface area (Å²) < 4.78 is 26.6. The highest BCUT2D eigenvalue weighted by molar-refractivity contribution is 7.89. The van der Waals surface area contributed by atoms with E-state index >= 15 is 0 Å². The summed E-state index contributed by atoms with van der Waals surface area (Å²) in [5.74, 6) is -0.669. The van der Waals surface area contributed by atoms with Crippen LogP contribution in [0.1, 0.15) is 24.2 Å². The molecule has 0 fully saturated rings. The van der Waals surface area contributed by atoms with Gasteiger partial charge in [0, 0.05) is 50.7 Å². The zero-order valence-electron chi connectivity index (χ0n) is 17.5. The molecule has 0 unspecified atom stereocenters. The van der Waals surface area contributed by atoms with Crippen molar-refractivity contribution in [1.29, 1.82) is 0 Å². The Labute approximate surface area is 176 Å². The van der Waals surface area contributed by atoms with Crippen molar-refractivity contribution in [2.45, 2.75) is 25.3 Å². The second kappa shape index (κ2) is 9.68. The predicted octanol–water partition coefficient (Wildman–Crippen LogP) is 1.22. The van der Waals surface area contributed by atoms with Crippen LogP contribution in [0.4, 0.5) is 5.69 Å². The normalized spacial score (nSPS) is 11.4. The lowest BCUT2D eigenvalue weighted by atomic mass is 10.1. The number of aromatic nitrogens is 1. The minimum atomic E-state index is -3.74. The molecule has 1 N–H and O–H groups in total. The summed E-state index contributed by atoms with van der Waals surface area (Å²) in [6, 6.07) is 8.82. The summed E-state index contributed by atoms with van der Waals surface area (Å²) in [7, 11) is -0.982. The van der Waals surface area contributed by atoms with E-state index in [0.717, 1.165) is 21.1 Å². The topological polar surface area (TPSA) is 109 Å². The maximum Gasteiger partial charge on any atom is 0.253 e. The fraction of sp³-hybridized carbons (Fsp3) is 0.350. The first-order valence-electron chi connectivity index (χ1n) is 9.42. The van der Waals surface area contributed by atoms with E-state index in [1.54, 1.807) is 29.2 Å². The Bertz CT molecular complexity index is 1090. The van der Waals surface area contributed by atoms with Gasteiger partial charge in [-0.15, -0.1) is 0 Å². The SMILES string of the molecule is CCN(CC)C(=O)c1cccc(NC(=O)Cn2cc(S(=O)(=O)N(C)C)ccc2=O)c1. The highest BCUT2D eigenvalue weighted by Gasteiger charge is 2.19. The number of amides is 2. The van der Waals surface area contributed by atoms with Crippen molar-refractivity contribution in [3.05, 3.63) is 58.5 Å². The van der Waals surface area contributed by atoms with Crippen LogP contribution in [-0.4, -0.2) is 61.2 Å². The van der Waals surface area contributed by atoms with Crippen molar-refractivity contribution in [1.82, 2.24) is 13.8 Å². The third-order valence-corrected chi connectivity index (χ3v) is 6.29. The second-order valence-corrected chi connectivity index (χ2v) is 8.88. The van der Waals surface area contributed by atoms with Crippen molar-refractivity contribution >= 4 is 27.5 Å². The molecule has 0 radical (unpaired) electrons. The predicted molar refractivity (Wildman–Crippen MR) is 114 cm³/mol. The quantitative estimate of drug-likeness (QED) is 0.672. The Morgan fingerprint density at radius 1 is 1.07 bits per heavy atom. The third kappa shape index (κ3) is 5.33. The minimum Gasteiger partial charge on any atom is -0.339 e. The number of carbonyl (C=O) groups is 2. The number of hydrogen-bond acceptors (Lipinski definition) is 5. The fourth-order valence-electron chi connectivity index (χ4n) is 2.77. The Kier molecular flexibility index (Phi) is 7.52. The summed E-state index contributed by atoms with van der Waals surface area (Å²) in [5, 5.41) is 2.64. The third-order valence-electron chi connectivity index (χ3n) is 4.49. The summed E-state index contributed by atoms with van der Waals surface area (Å²) in [4.78, 5) is 38.5. The van der Waals surface area contributed by atoms with Crippen molar-refractivity contribution < 1.29 is 18.0 Å². The lowest BCUT2D eigenvalue weighted by molar-refractivity contribution is -0.116. The van der Waals surface area contributed by atoms with Gasteiger partial charge in [0.15, 0.2) is 0 Å². The molecule has 0 saturated carbocycles. The largest absolute Gasteiger partial charge is 0.339 e. The molecule has 2 aromatic rings. The van der Waals surface area contributed by atoms with Gasteiger partial charge >= 0.3 is 0 Å². The van der Waals surface area contributed by atoms with Crippen LogP contribution < -0.4 is 10.9 Å². The number of anilines is 1. The molecule has 0 saturated heterocycles. The molecule has 2 amide bonds. The lowest BCUT2D eigenvalue weighted by Gasteiger charge is -2.19. The van der Waals surface area contributed by atoms with Crippen molar-refractivity contribution in [2.75, 3.05) is 32.5 Å². The summed E-state index contributed by atoms with van der Waals surface area (Å²) in [6.45, 7) is 4.54. The maximum absolute atomic E-state index is 12.5. The van der Waals surface area contributed by atoms with E-state index in [2.05, 4.69) is 5.32 Å². The molecule has 10 heteroatoms. The average Bonchev–Trinajstić information content (AvgIpc) is 2.70. The van der Waals surface area contributed by atoms with E-state index in [4.69, 9.17) is 0 Å². The van der Waals surface area contributed by atoms with Crippen LogP contribution in [0.25, 0.3) is 0 Å². The number of pyridine rings is 1. The van der Waals surface area contributed by atoms with Crippen LogP contribution >= 0.6 is 0 Å². The first-order valence-corrected chi connectivity index (χ1v) is 10.9. The minimum absolute atomic E-state index is 0.0910. The van der Waals surface area contributed by atoms with Gasteiger partial charge in [-0.1, -0.05) is 6.07 Å². The molecule has 9 nitrogen and oxygen atoms in total. The van der Waals surface area contributed by atoms with Crippen LogP contribution in [0.3, 0.4) is 0 Å². The molecule has 0 aliphatic carbocycles. The van der Waals surface area contributed by atoms with Gasteiger partial charge in [0.2, 0.25) is 15.9 Å². The lowest BCUT2D eigenvalue weighted by Crippen LogP contribution is -2.31. The van der Waals surface area contributed by atoms with Gasteiger partial charge in [-0.25, -0.2) is 12.7 Å². The molecule has 1 heterocycles. The summed E-state index contributed by atoms with van der Waals surface area (Å²) in [6.07, 6.45) is 1.14. The van der Waals surface area contributed by atoms with E-state index in [1.807, 2.05) is 13.8 Å². The molecule has 0 aliphatic rings. The second-order valence-electron chi connectivity index (χ2n) is 6.72. The molecule has 0 bridgehead atoms. The number of carbonyl (C=O) groups excluding carboxylic acids is 2. The van der Waals surface area contributed by atoms with E-state index < -0.39 is 21.5 Å². The van der Waals surface area contributed by atoms with E-state index in [9.17, 15) is 22.8 Å². The van der Waals surface area contributed by atoms with Gasteiger partial charge in [-0.3, -0.25) is 14.4 Å². The first-order chi connectivity index (χ1) is 14.1. The molecular weight excluding hydrogens is 408 g/mol. The number of nitrogens with zero attached hydrogens (tertiary/aromatic N) is 3. The average molecular weight is 435 g/mol. The van der Waals surface area contributed by atoms with Crippen molar-refractivity contribution in [2.24, 2.45) is 0 Å². The Morgan fingerprint density at radius 3 is 2.33 bits per heavy atom. The summed E-state index contributed by atoms with van der Waals surface area (Å²) >= 11 is 0. The molecule has 1 aromatic heterocycles. The maximum atomic E-state index is 12.5. The first kappa shape index (κ1) is 23.3. The standard InChI is InChI=1S/C20H26N4O5S/c1-5-23(6-2)20(27)15-8-7-9-16(12-15)21-18(25)14-24-13-17(10-11-19(24)26)30(28,29)22(3)4/h7-13H,5-6,14H2,1-4H3,(H,21,25). The van der Waals surface area contributed by atoms with Gasteiger partial charge < -0.3 is 14.8 Å². The van der Waals surface area contributed by atoms with Crippen LogP contribution in [0.2, 0.25) is 0 Å². The molecule has 162 valence electrons. The fourth-order valence-corrected chi connectivity index (χ4v) is 3.70. The molecule has 1 aromatic carbocycles. The number of benzene rings is 1. The highest BCUT2D eigenvalue weighted by Crippen LogP contribution is 2.14. The number of rotatable bonds is 8. The Hall–Kier alpha value is -2.98. The Balaban J connectivity index is 2.20. The Morgan fingerprint density at radius 2 is 1.73 bits per heavy atom. The molecule has 0 aliphatic heterocycles. The van der Waals surface area contributed by atoms with E-state index in [0.29, 0.717) is 24.3 Å². The highest BCUT2D eigenvalue weighted by atomic mass is 32.2. The van der Waals surface area contributed by atoms with Gasteiger partial charge in [0.05, 0.1) is 4.90 Å². The van der Waals surface area contributed by atoms with Crippen molar-refractivity contribution in [3.8, 4) is 0 Å². The monoisotopic (exact) mass is 434 g/mol. The van der Waals surface area contributed by atoms with Crippen LogP contribution in [0.15, 0.2) is 52.3 Å². The van der Waals surface area contributed by atoms with Crippen LogP contribution in [-0.2, 0) is 21.4 Å². The van der Waals surface area contributed by atoms with Gasteiger partial charge in [0.25, 0.3) is 11.5 Å². The summed E-state index contributed by atoms with van der Waals surface area (Å²) in [5.41, 5.74) is 0.337. The zero-order chi connectivity index (χ0) is 22.5. The van der Waals surface area contributed by atoms with Gasteiger partial charge in [-0.05, 0) is 38.1 Å². The van der Waals surface area contributed by atoms with Gasteiger partial charge in [-0.2, -0.15) is 0 Å². The van der Waals surface area contributed by atoms with E-state index in [1.165, 1.54) is 20.2 Å². The number of hydrogen-bond donors (Lipinski definition) is 1. The number of nitrogens with one attached hydrogen (secondary N) is 1. The zero-order valence-corrected chi connectivity index (χ0v) is 18.3.